The Morgan fingerprint density at radius 1 is 1.04 bits per heavy atom. The van der Waals surface area contributed by atoms with Crippen molar-refractivity contribution in [2.24, 2.45) is 0 Å². The van der Waals surface area contributed by atoms with E-state index in [2.05, 4.69) is 5.32 Å². The molecule has 124 valence electrons. The smallest absolute Gasteiger partial charge is 0.200 e. The quantitative estimate of drug-likeness (QED) is 0.530. The number of nitrogens with one attached hydrogen (secondary N) is 1. The monoisotopic (exact) mass is 323 g/mol. The summed E-state index contributed by atoms with van der Waals surface area (Å²) in [6.07, 6.45) is 4.78. The molecule has 0 amide bonds. The number of hydrogen-bond donors (Lipinski definition) is 1. The van der Waals surface area contributed by atoms with E-state index in [1.807, 2.05) is 30.3 Å². The molecule has 3 aromatic rings. The van der Waals surface area contributed by atoms with Gasteiger partial charge in [0.25, 0.3) is 0 Å². The lowest BCUT2D eigenvalue weighted by Gasteiger charge is -2.08. The summed E-state index contributed by atoms with van der Waals surface area (Å²) in [5.41, 5.74) is 1.19. The highest BCUT2D eigenvalue weighted by molar-refractivity contribution is 5.90. The summed E-state index contributed by atoms with van der Waals surface area (Å²) < 4.78 is 11.7. The van der Waals surface area contributed by atoms with Crippen molar-refractivity contribution in [3.05, 3.63) is 52.7 Å². The zero-order valence-corrected chi connectivity index (χ0v) is 13.6. The molecular weight excluding hydrogens is 302 g/mol. The second-order valence-electron chi connectivity index (χ2n) is 6.37. The van der Waals surface area contributed by atoms with Gasteiger partial charge in [-0.3, -0.25) is 4.79 Å². The van der Waals surface area contributed by atoms with Crippen LogP contribution in [0.4, 0.5) is 0 Å². The molecule has 4 heteroatoms. The SMILES string of the molecule is O=c1c2ccccc2oc2cc(OCCCCNC3CC3)ccc12. The number of para-hydroxylation sites is 1. The first-order chi connectivity index (χ1) is 11.8. The van der Waals surface area contributed by atoms with Crippen molar-refractivity contribution in [1.82, 2.24) is 5.32 Å². The molecule has 24 heavy (non-hydrogen) atoms. The van der Waals surface area contributed by atoms with Crippen LogP contribution in [0.1, 0.15) is 25.7 Å². The summed E-state index contributed by atoms with van der Waals surface area (Å²) in [6, 6.07) is 13.5. The zero-order valence-electron chi connectivity index (χ0n) is 13.6. The Balaban J connectivity index is 1.44. The average molecular weight is 323 g/mol. The van der Waals surface area contributed by atoms with E-state index in [9.17, 15) is 4.79 Å². The minimum absolute atomic E-state index is 0.00421. The number of hydrogen-bond acceptors (Lipinski definition) is 4. The summed E-state index contributed by atoms with van der Waals surface area (Å²) in [4.78, 5) is 12.5. The highest BCUT2D eigenvalue weighted by Crippen LogP contribution is 2.23. The van der Waals surface area contributed by atoms with E-state index in [1.54, 1.807) is 12.1 Å². The topological polar surface area (TPSA) is 51.5 Å². The Hall–Kier alpha value is -2.33. The van der Waals surface area contributed by atoms with Gasteiger partial charge in [0, 0.05) is 12.1 Å². The van der Waals surface area contributed by atoms with Crippen molar-refractivity contribution in [2.75, 3.05) is 13.2 Å². The molecule has 1 aliphatic carbocycles. The molecule has 4 rings (SSSR count). The van der Waals surface area contributed by atoms with Gasteiger partial charge in [0.05, 0.1) is 17.4 Å². The van der Waals surface area contributed by atoms with E-state index < -0.39 is 0 Å². The number of benzene rings is 2. The van der Waals surface area contributed by atoms with Gasteiger partial charge in [0.15, 0.2) is 0 Å². The molecule has 1 heterocycles. The first-order valence-electron chi connectivity index (χ1n) is 8.63. The fourth-order valence-corrected chi connectivity index (χ4v) is 2.88. The van der Waals surface area contributed by atoms with Crippen LogP contribution in [0, 0.1) is 0 Å². The van der Waals surface area contributed by atoms with Gasteiger partial charge in [0.2, 0.25) is 5.43 Å². The number of unbranched alkanes of at least 4 members (excludes halogenated alkanes) is 1. The van der Waals surface area contributed by atoms with Crippen molar-refractivity contribution in [3.63, 3.8) is 0 Å². The third-order valence-electron chi connectivity index (χ3n) is 4.40. The third kappa shape index (κ3) is 3.29. The molecule has 1 fully saturated rings. The Bertz CT molecular complexity index is 912. The molecule has 0 radical (unpaired) electrons. The van der Waals surface area contributed by atoms with E-state index in [4.69, 9.17) is 9.15 Å². The highest BCUT2D eigenvalue weighted by atomic mass is 16.5. The van der Waals surface area contributed by atoms with Gasteiger partial charge in [-0.1, -0.05) is 12.1 Å². The van der Waals surface area contributed by atoms with E-state index >= 15 is 0 Å². The van der Waals surface area contributed by atoms with Crippen molar-refractivity contribution in [3.8, 4) is 5.75 Å². The fourth-order valence-electron chi connectivity index (χ4n) is 2.88. The van der Waals surface area contributed by atoms with Crippen molar-refractivity contribution >= 4 is 21.9 Å². The molecule has 0 unspecified atom stereocenters. The minimum Gasteiger partial charge on any atom is -0.493 e. The molecule has 0 spiro atoms. The normalized spacial score (nSPS) is 14.3. The molecule has 2 aromatic carbocycles. The minimum atomic E-state index is 0.00421. The average Bonchev–Trinajstić information content (AvgIpc) is 3.42. The molecule has 1 aliphatic rings. The molecule has 1 saturated carbocycles. The predicted molar refractivity (Wildman–Crippen MR) is 95.7 cm³/mol. The first kappa shape index (κ1) is 15.2. The van der Waals surface area contributed by atoms with Gasteiger partial charge in [0.1, 0.15) is 16.9 Å². The maximum absolute atomic E-state index is 12.5. The summed E-state index contributed by atoms with van der Waals surface area (Å²) in [6.45, 7) is 1.74. The number of ether oxygens (including phenoxy) is 1. The fraction of sp³-hybridized carbons (Fsp3) is 0.350. The van der Waals surface area contributed by atoms with Crippen LogP contribution in [0.3, 0.4) is 0 Å². The van der Waals surface area contributed by atoms with Crippen LogP contribution in [-0.2, 0) is 0 Å². The molecule has 0 aliphatic heterocycles. The van der Waals surface area contributed by atoms with E-state index in [0.29, 0.717) is 28.5 Å². The molecule has 4 nitrogen and oxygen atoms in total. The summed E-state index contributed by atoms with van der Waals surface area (Å²) in [7, 11) is 0. The van der Waals surface area contributed by atoms with Gasteiger partial charge in [-0.25, -0.2) is 0 Å². The van der Waals surface area contributed by atoms with Crippen molar-refractivity contribution in [2.45, 2.75) is 31.7 Å². The maximum Gasteiger partial charge on any atom is 0.200 e. The predicted octanol–water partition coefficient (Wildman–Crippen LogP) is 3.86. The van der Waals surface area contributed by atoms with Crippen LogP contribution in [-0.4, -0.2) is 19.2 Å². The maximum atomic E-state index is 12.5. The van der Waals surface area contributed by atoms with Crippen LogP contribution >= 0.6 is 0 Å². The van der Waals surface area contributed by atoms with Crippen LogP contribution in [0.25, 0.3) is 21.9 Å². The summed E-state index contributed by atoms with van der Waals surface area (Å²) >= 11 is 0. The molecule has 1 aromatic heterocycles. The van der Waals surface area contributed by atoms with Gasteiger partial charge in [-0.2, -0.15) is 0 Å². The Morgan fingerprint density at radius 2 is 1.88 bits per heavy atom. The van der Waals surface area contributed by atoms with E-state index in [1.165, 1.54) is 12.8 Å². The van der Waals surface area contributed by atoms with E-state index in [0.717, 1.165) is 31.2 Å². The largest absolute Gasteiger partial charge is 0.493 e. The van der Waals surface area contributed by atoms with Gasteiger partial charge >= 0.3 is 0 Å². The first-order valence-corrected chi connectivity index (χ1v) is 8.63. The van der Waals surface area contributed by atoms with E-state index in [-0.39, 0.29) is 5.43 Å². The zero-order chi connectivity index (χ0) is 16.4. The second-order valence-corrected chi connectivity index (χ2v) is 6.37. The standard InChI is InChI=1S/C20H21NO3/c22-20-16-5-1-2-6-18(16)24-19-13-15(9-10-17(19)20)23-12-4-3-11-21-14-7-8-14/h1-2,5-6,9-10,13-14,21H,3-4,7-8,11-12H2. The second kappa shape index (κ2) is 6.65. The van der Waals surface area contributed by atoms with Gasteiger partial charge in [-0.05, 0) is 56.5 Å². The Morgan fingerprint density at radius 3 is 2.75 bits per heavy atom. The van der Waals surface area contributed by atoms with Crippen LogP contribution < -0.4 is 15.5 Å². The Labute approximate surface area is 140 Å². The number of fused-ring (bicyclic) bond motifs is 2. The van der Waals surface area contributed by atoms with Crippen LogP contribution in [0.15, 0.2) is 51.7 Å². The summed E-state index contributed by atoms with van der Waals surface area (Å²) in [5.74, 6) is 0.746. The van der Waals surface area contributed by atoms with Crippen LogP contribution in [0.2, 0.25) is 0 Å². The molecule has 0 saturated heterocycles. The molecule has 0 atom stereocenters. The molecular formula is C20H21NO3. The Kier molecular flexibility index (Phi) is 4.22. The lowest BCUT2D eigenvalue weighted by molar-refractivity contribution is 0.306. The number of rotatable bonds is 7. The van der Waals surface area contributed by atoms with Crippen LogP contribution in [0.5, 0.6) is 5.75 Å². The van der Waals surface area contributed by atoms with Gasteiger partial charge in [-0.15, -0.1) is 0 Å². The van der Waals surface area contributed by atoms with Gasteiger partial charge < -0.3 is 14.5 Å². The third-order valence-corrected chi connectivity index (χ3v) is 4.40. The van der Waals surface area contributed by atoms with Crippen molar-refractivity contribution < 1.29 is 9.15 Å². The highest BCUT2D eigenvalue weighted by Gasteiger charge is 2.19. The molecule has 1 N–H and O–H groups in total. The lowest BCUT2D eigenvalue weighted by atomic mass is 10.1. The van der Waals surface area contributed by atoms with Crippen molar-refractivity contribution in [1.29, 1.82) is 0 Å². The molecule has 0 bridgehead atoms. The lowest BCUT2D eigenvalue weighted by Crippen LogP contribution is -2.17. The summed E-state index contributed by atoms with van der Waals surface area (Å²) in [5, 5.41) is 4.70.